The van der Waals surface area contributed by atoms with Gasteiger partial charge >= 0.3 is 0 Å². The van der Waals surface area contributed by atoms with Gasteiger partial charge in [-0.15, -0.1) is 11.3 Å². The molecule has 0 saturated heterocycles. The monoisotopic (exact) mass is 359 g/mol. The van der Waals surface area contributed by atoms with Crippen molar-refractivity contribution in [1.29, 1.82) is 0 Å². The van der Waals surface area contributed by atoms with Crippen LogP contribution in [0, 0.1) is 13.8 Å². The van der Waals surface area contributed by atoms with Crippen LogP contribution in [0.2, 0.25) is 0 Å². The van der Waals surface area contributed by atoms with Crippen LogP contribution in [0.15, 0.2) is 52.9 Å². The number of rotatable bonds is 5. The van der Waals surface area contributed by atoms with Crippen LogP contribution >= 0.6 is 11.3 Å². The highest BCUT2D eigenvalue weighted by Crippen LogP contribution is 2.20. The van der Waals surface area contributed by atoms with Crippen molar-refractivity contribution in [3.63, 3.8) is 0 Å². The molecule has 5 nitrogen and oxygen atoms in total. The molecule has 0 aliphatic carbocycles. The van der Waals surface area contributed by atoms with E-state index in [1.54, 1.807) is 18.3 Å². The quantitative estimate of drug-likeness (QED) is 0.759. The van der Waals surface area contributed by atoms with Gasteiger partial charge in [0.2, 0.25) is 10.0 Å². The van der Waals surface area contributed by atoms with Gasteiger partial charge in [0, 0.05) is 11.6 Å². The summed E-state index contributed by atoms with van der Waals surface area (Å²) in [7, 11) is -3.55. The van der Waals surface area contributed by atoms with Crippen LogP contribution in [0.4, 0.5) is 0 Å². The number of hydrogen-bond acceptors (Lipinski definition) is 5. The molecule has 0 unspecified atom stereocenters. The van der Waals surface area contributed by atoms with Gasteiger partial charge in [0.15, 0.2) is 0 Å². The van der Waals surface area contributed by atoms with Gasteiger partial charge in [-0.3, -0.25) is 4.98 Å². The van der Waals surface area contributed by atoms with Crippen LogP contribution < -0.4 is 4.72 Å². The molecule has 1 aromatic carbocycles. The molecule has 0 fully saturated rings. The molecule has 0 aliphatic heterocycles. The maximum Gasteiger partial charge on any atom is 0.240 e. The third-order valence-electron chi connectivity index (χ3n) is 3.68. The van der Waals surface area contributed by atoms with Gasteiger partial charge < -0.3 is 0 Å². The second kappa shape index (κ2) is 6.80. The summed E-state index contributed by atoms with van der Waals surface area (Å²) in [6.45, 7) is 4.01. The second-order valence-electron chi connectivity index (χ2n) is 5.41. The molecule has 3 rings (SSSR count). The summed E-state index contributed by atoms with van der Waals surface area (Å²) in [6.07, 6.45) is 1.71. The van der Waals surface area contributed by atoms with Crippen LogP contribution in [-0.4, -0.2) is 18.4 Å². The second-order valence-corrected chi connectivity index (χ2v) is 8.12. The van der Waals surface area contributed by atoms with Crippen molar-refractivity contribution in [2.45, 2.75) is 25.3 Å². The lowest BCUT2D eigenvalue weighted by molar-refractivity contribution is 0.581. The van der Waals surface area contributed by atoms with E-state index in [0.29, 0.717) is 5.01 Å². The first-order chi connectivity index (χ1) is 11.5. The van der Waals surface area contributed by atoms with E-state index in [9.17, 15) is 8.42 Å². The Morgan fingerprint density at radius 3 is 2.62 bits per heavy atom. The van der Waals surface area contributed by atoms with Gasteiger partial charge in [0.1, 0.15) is 5.01 Å². The lowest BCUT2D eigenvalue weighted by atomic mass is 10.1. The van der Waals surface area contributed by atoms with Crippen molar-refractivity contribution >= 4 is 21.4 Å². The number of sulfonamides is 1. The molecule has 0 atom stereocenters. The third kappa shape index (κ3) is 3.69. The number of hydrogen-bond donors (Lipinski definition) is 1. The van der Waals surface area contributed by atoms with Gasteiger partial charge in [-0.1, -0.05) is 12.1 Å². The zero-order chi connectivity index (χ0) is 17.2. The number of thiazole rings is 1. The summed E-state index contributed by atoms with van der Waals surface area (Å²) in [4.78, 5) is 8.95. The number of aromatic nitrogens is 2. The summed E-state index contributed by atoms with van der Waals surface area (Å²) in [5.74, 6) is 0. The summed E-state index contributed by atoms with van der Waals surface area (Å²) in [6, 6.07) is 10.7. The molecule has 124 valence electrons. The first-order valence-corrected chi connectivity index (χ1v) is 9.75. The Kier molecular flexibility index (Phi) is 4.75. The van der Waals surface area contributed by atoms with Crippen LogP contribution in [0.1, 0.15) is 16.1 Å². The van der Waals surface area contributed by atoms with Crippen molar-refractivity contribution in [2.24, 2.45) is 0 Å². The average molecular weight is 359 g/mol. The van der Waals surface area contributed by atoms with Crippen LogP contribution in [0.25, 0.3) is 11.4 Å². The number of pyridine rings is 1. The predicted octanol–water partition coefficient (Wildman–Crippen LogP) is 3.30. The van der Waals surface area contributed by atoms with Gasteiger partial charge in [-0.2, -0.15) is 0 Å². The molecule has 0 radical (unpaired) electrons. The number of aryl methyl sites for hydroxylation is 2. The summed E-state index contributed by atoms with van der Waals surface area (Å²) in [5, 5.41) is 2.57. The third-order valence-corrected chi connectivity index (χ3v) is 5.93. The minimum Gasteiger partial charge on any atom is -0.255 e. The fraction of sp³-hybridized carbons (Fsp3) is 0.176. The predicted molar refractivity (Wildman–Crippen MR) is 95.3 cm³/mol. The smallest absolute Gasteiger partial charge is 0.240 e. The minimum atomic E-state index is -3.55. The van der Waals surface area contributed by atoms with E-state index >= 15 is 0 Å². The van der Waals surface area contributed by atoms with E-state index in [2.05, 4.69) is 14.7 Å². The first kappa shape index (κ1) is 16.8. The van der Waals surface area contributed by atoms with Crippen molar-refractivity contribution in [3.8, 4) is 11.4 Å². The van der Waals surface area contributed by atoms with Gasteiger partial charge in [-0.25, -0.2) is 18.1 Å². The van der Waals surface area contributed by atoms with Crippen molar-refractivity contribution in [3.05, 3.63) is 64.1 Å². The zero-order valence-electron chi connectivity index (χ0n) is 13.4. The van der Waals surface area contributed by atoms with E-state index in [4.69, 9.17) is 0 Å². The summed E-state index contributed by atoms with van der Waals surface area (Å²) >= 11 is 1.41. The first-order valence-electron chi connectivity index (χ1n) is 7.38. The lowest BCUT2D eigenvalue weighted by Crippen LogP contribution is -2.23. The molecule has 0 spiro atoms. The molecule has 0 aliphatic rings. The van der Waals surface area contributed by atoms with Gasteiger partial charge in [0.05, 0.1) is 22.8 Å². The molecular weight excluding hydrogens is 342 g/mol. The fourth-order valence-electron chi connectivity index (χ4n) is 2.15. The molecule has 2 aromatic heterocycles. The Labute approximate surface area is 145 Å². The standard InChI is InChI=1S/C17H17N3O2S2/c1-12-6-7-14(9-13(12)2)24(21,22)19-10-17-20-16(11-23-17)15-5-3-4-8-18-15/h3-9,11,19H,10H2,1-2H3. The molecule has 1 N–H and O–H groups in total. The Bertz CT molecular complexity index is 951. The minimum absolute atomic E-state index is 0.159. The molecule has 0 amide bonds. The number of benzene rings is 1. The van der Waals surface area contributed by atoms with E-state index < -0.39 is 10.0 Å². The van der Waals surface area contributed by atoms with Gasteiger partial charge in [-0.05, 0) is 49.2 Å². The van der Waals surface area contributed by atoms with Crippen molar-refractivity contribution in [2.75, 3.05) is 0 Å². The lowest BCUT2D eigenvalue weighted by Gasteiger charge is -2.07. The highest BCUT2D eigenvalue weighted by molar-refractivity contribution is 7.89. The van der Waals surface area contributed by atoms with Crippen molar-refractivity contribution < 1.29 is 8.42 Å². The molecule has 0 saturated carbocycles. The topological polar surface area (TPSA) is 72.0 Å². The Balaban J connectivity index is 1.73. The SMILES string of the molecule is Cc1ccc(S(=O)(=O)NCc2nc(-c3ccccn3)cs2)cc1C. The van der Waals surface area contributed by atoms with Crippen molar-refractivity contribution in [1.82, 2.24) is 14.7 Å². The van der Waals surface area contributed by atoms with E-state index in [1.807, 2.05) is 43.5 Å². The maximum absolute atomic E-state index is 12.4. The Hall–Kier alpha value is -2.09. The fourth-order valence-corrected chi connectivity index (χ4v) is 4.04. The zero-order valence-corrected chi connectivity index (χ0v) is 15.0. The highest BCUT2D eigenvalue weighted by atomic mass is 32.2. The van der Waals surface area contributed by atoms with Crippen LogP contribution in [0.5, 0.6) is 0 Å². The molecule has 3 aromatic rings. The van der Waals surface area contributed by atoms with E-state index in [-0.39, 0.29) is 11.4 Å². The van der Waals surface area contributed by atoms with E-state index in [0.717, 1.165) is 22.5 Å². The number of nitrogens with zero attached hydrogens (tertiary/aromatic N) is 2. The number of nitrogens with one attached hydrogen (secondary N) is 1. The maximum atomic E-state index is 12.4. The van der Waals surface area contributed by atoms with Gasteiger partial charge in [0.25, 0.3) is 0 Å². The van der Waals surface area contributed by atoms with Crippen LogP contribution in [0.3, 0.4) is 0 Å². The molecule has 2 heterocycles. The molecule has 24 heavy (non-hydrogen) atoms. The highest BCUT2D eigenvalue weighted by Gasteiger charge is 2.15. The Morgan fingerprint density at radius 1 is 1.08 bits per heavy atom. The van der Waals surface area contributed by atoms with Crippen LogP contribution in [-0.2, 0) is 16.6 Å². The summed E-state index contributed by atoms with van der Waals surface area (Å²) < 4.78 is 27.4. The molecule has 0 bridgehead atoms. The average Bonchev–Trinajstić information content (AvgIpc) is 3.05. The largest absolute Gasteiger partial charge is 0.255 e. The van der Waals surface area contributed by atoms with E-state index in [1.165, 1.54) is 11.3 Å². The Morgan fingerprint density at radius 2 is 1.92 bits per heavy atom. The molecule has 7 heteroatoms. The molecular formula is C17H17N3O2S2. The summed E-state index contributed by atoms with van der Waals surface area (Å²) in [5.41, 5.74) is 3.54. The normalized spacial score (nSPS) is 11.6.